The average molecular weight is 215 g/mol. The number of likely N-dealkylation sites (N-methyl/N-ethyl adjacent to an activating group) is 1. The molecule has 3 N–H and O–H groups in total. The Morgan fingerprint density at radius 1 is 1.50 bits per heavy atom. The standard InChI is InChI=1S/C10H15ClN2O/c1-13(6-5-12)7-8-9(11)3-2-4-10(8)14/h2-4,14H,5-7,12H2,1H3. The summed E-state index contributed by atoms with van der Waals surface area (Å²) in [6.07, 6.45) is 0. The van der Waals surface area contributed by atoms with Crippen molar-refractivity contribution in [1.29, 1.82) is 0 Å². The average Bonchev–Trinajstić information content (AvgIpc) is 2.12. The minimum absolute atomic E-state index is 0.237. The van der Waals surface area contributed by atoms with E-state index in [1.165, 1.54) is 0 Å². The molecule has 78 valence electrons. The van der Waals surface area contributed by atoms with E-state index in [1.807, 2.05) is 11.9 Å². The van der Waals surface area contributed by atoms with Crippen LogP contribution in [0, 0.1) is 0 Å². The number of aromatic hydroxyl groups is 1. The third-order valence-electron chi connectivity index (χ3n) is 2.03. The number of phenols is 1. The first-order chi connectivity index (χ1) is 6.65. The summed E-state index contributed by atoms with van der Waals surface area (Å²) in [5, 5.41) is 10.2. The summed E-state index contributed by atoms with van der Waals surface area (Å²) in [5.41, 5.74) is 6.18. The summed E-state index contributed by atoms with van der Waals surface area (Å²) in [7, 11) is 1.94. The molecular formula is C10H15ClN2O. The highest BCUT2D eigenvalue weighted by atomic mass is 35.5. The molecule has 0 radical (unpaired) electrons. The van der Waals surface area contributed by atoms with Crippen LogP contribution in [0.15, 0.2) is 18.2 Å². The Labute approximate surface area is 89.1 Å². The van der Waals surface area contributed by atoms with Crippen LogP contribution >= 0.6 is 11.6 Å². The molecule has 0 atom stereocenters. The lowest BCUT2D eigenvalue weighted by Gasteiger charge is -2.16. The van der Waals surface area contributed by atoms with Crippen LogP contribution < -0.4 is 5.73 Å². The minimum Gasteiger partial charge on any atom is -0.508 e. The first kappa shape index (κ1) is 11.3. The van der Waals surface area contributed by atoms with Gasteiger partial charge in [0.1, 0.15) is 5.75 Å². The molecule has 0 amide bonds. The van der Waals surface area contributed by atoms with E-state index in [2.05, 4.69) is 0 Å². The van der Waals surface area contributed by atoms with Gasteiger partial charge < -0.3 is 15.7 Å². The lowest BCUT2D eigenvalue weighted by Crippen LogP contribution is -2.25. The predicted molar refractivity (Wildman–Crippen MR) is 58.5 cm³/mol. The van der Waals surface area contributed by atoms with E-state index in [1.54, 1.807) is 18.2 Å². The molecule has 0 aromatic heterocycles. The predicted octanol–water partition coefficient (Wildman–Crippen LogP) is 1.44. The Balaban J connectivity index is 2.75. The molecule has 0 heterocycles. The fourth-order valence-corrected chi connectivity index (χ4v) is 1.50. The molecule has 0 unspecified atom stereocenters. The smallest absolute Gasteiger partial charge is 0.121 e. The molecule has 1 rings (SSSR count). The van der Waals surface area contributed by atoms with Crippen molar-refractivity contribution in [2.75, 3.05) is 20.1 Å². The second-order valence-electron chi connectivity index (χ2n) is 3.26. The molecule has 3 nitrogen and oxygen atoms in total. The van der Waals surface area contributed by atoms with E-state index in [-0.39, 0.29) is 5.75 Å². The van der Waals surface area contributed by atoms with Gasteiger partial charge in [-0.3, -0.25) is 0 Å². The number of hydrogen-bond donors (Lipinski definition) is 2. The number of halogens is 1. The van der Waals surface area contributed by atoms with E-state index in [4.69, 9.17) is 17.3 Å². The molecule has 0 aliphatic heterocycles. The number of nitrogens with two attached hydrogens (primary N) is 1. The molecule has 1 aromatic rings. The highest BCUT2D eigenvalue weighted by Gasteiger charge is 2.08. The van der Waals surface area contributed by atoms with Crippen molar-refractivity contribution in [3.63, 3.8) is 0 Å². The zero-order valence-corrected chi connectivity index (χ0v) is 8.96. The van der Waals surface area contributed by atoms with Crippen LogP contribution in [0.5, 0.6) is 5.75 Å². The number of hydrogen-bond acceptors (Lipinski definition) is 3. The van der Waals surface area contributed by atoms with Crippen LogP contribution in [0.2, 0.25) is 5.02 Å². The van der Waals surface area contributed by atoms with Gasteiger partial charge in [-0.1, -0.05) is 17.7 Å². The number of phenolic OH excluding ortho intramolecular Hbond substituents is 1. The Morgan fingerprint density at radius 3 is 2.79 bits per heavy atom. The maximum atomic E-state index is 9.57. The van der Waals surface area contributed by atoms with Gasteiger partial charge in [0.25, 0.3) is 0 Å². The van der Waals surface area contributed by atoms with Gasteiger partial charge in [-0.25, -0.2) is 0 Å². The van der Waals surface area contributed by atoms with E-state index in [9.17, 15) is 5.11 Å². The summed E-state index contributed by atoms with van der Waals surface area (Å²) in [6, 6.07) is 5.13. The molecule has 0 spiro atoms. The number of benzene rings is 1. The first-order valence-electron chi connectivity index (χ1n) is 4.50. The first-order valence-corrected chi connectivity index (χ1v) is 4.88. The SMILES string of the molecule is CN(CCN)Cc1c(O)cccc1Cl. The monoisotopic (exact) mass is 214 g/mol. The summed E-state index contributed by atoms with van der Waals surface area (Å²) in [5.74, 6) is 0.237. The highest BCUT2D eigenvalue weighted by Crippen LogP contribution is 2.25. The largest absolute Gasteiger partial charge is 0.508 e. The second-order valence-corrected chi connectivity index (χ2v) is 3.67. The highest BCUT2D eigenvalue weighted by molar-refractivity contribution is 6.31. The van der Waals surface area contributed by atoms with Crippen LogP contribution in [0.4, 0.5) is 0 Å². The van der Waals surface area contributed by atoms with Crippen molar-refractivity contribution in [1.82, 2.24) is 4.90 Å². The summed E-state index contributed by atoms with van der Waals surface area (Å²) in [6.45, 7) is 2.00. The zero-order valence-electron chi connectivity index (χ0n) is 8.20. The summed E-state index contributed by atoms with van der Waals surface area (Å²) >= 11 is 5.96. The third-order valence-corrected chi connectivity index (χ3v) is 2.39. The van der Waals surface area contributed by atoms with Gasteiger partial charge in [0.2, 0.25) is 0 Å². The third kappa shape index (κ3) is 2.87. The molecule has 14 heavy (non-hydrogen) atoms. The van der Waals surface area contributed by atoms with Crippen LogP contribution in [0.25, 0.3) is 0 Å². The molecule has 4 heteroatoms. The van der Waals surface area contributed by atoms with Crippen molar-refractivity contribution >= 4 is 11.6 Å². The maximum Gasteiger partial charge on any atom is 0.121 e. The molecule has 0 aliphatic rings. The minimum atomic E-state index is 0.237. The van der Waals surface area contributed by atoms with Gasteiger partial charge in [0, 0.05) is 30.2 Å². The number of rotatable bonds is 4. The second kappa shape index (κ2) is 5.20. The lowest BCUT2D eigenvalue weighted by atomic mass is 10.2. The van der Waals surface area contributed by atoms with Gasteiger partial charge in [-0.2, -0.15) is 0 Å². The van der Waals surface area contributed by atoms with E-state index in [0.29, 0.717) is 18.1 Å². The Hall–Kier alpha value is -0.770. The van der Waals surface area contributed by atoms with Crippen molar-refractivity contribution in [2.24, 2.45) is 5.73 Å². The summed E-state index contributed by atoms with van der Waals surface area (Å²) in [4.78, 5) is 2.01. The lowest BCUT2D eigenvalue weighted by molar-refractivity contribution is 0.329. The topological polar surface area (TPSA) is 49.5 Å². The quantitative estimate of drug-likeness (QED) is 0.798. The normalized spacial score (nSPS) is 10.9. The Kier molecular flexibility index (Phi) is 4.20. The molecule has 0 saturated carbocycles. The van der Waals surface area contributed by atoms with Crippen molar-refractivity contribution in [3.05, 3.63) is 28.8 Å². The maximum absolute atomic E-state index is 9.57. The van der Waals surface area contributed by atoms with Crippen LogP contribution in [-0.4, -0.2) is 30.1 Å². The Morgan fingerprint density at radius 2 is 2.21 bits per heavy atom. The van der Waals surface area contributed by atoms with Gasteiger partial charge in [0.15, 0.2) is 0 Å². The van der Waals surface area contributed by atoms with Gasteiger partial charge >= 0.3 is 0 Å². The van der Waals surface area contributed by atoms with Crippen LogP contribution in [-0.2, 0) is 6.54 Å². The molecule has 0 aliphatic carbocycles. The number of nitrogens with zero attached hydrogens (tertiary/aromatic N) is 1. The fourth-order valence-electron chi connectivity index (χ4n) is 1.27. The molecule has 0 bridgehead atoms. The van der Waals surface area contributed by atoms with E-state index >= 15 is 0 Å². The van der Waals surface area contributed by atoms with Gasteiger partial charge in [-0.15, -0.1) is 0 Å². The van der Waals surface area contributed by atoms with Crippen molar-refractivity contribution in [2.45, 2.75) is 6.54 Å². The summed E-state index contributed by atoms with van der Waals surface area (Å²) < 4.78 is 0. The van der Waals surface area contributed by atoms with Crippen LogP contribution in [0.3, 0.4) is 0 Å². The van der Waals surface area contributed by atoms with Gasteiger partial charge in [0.05, 0.1) is 0 Å². The molecule has 1 aromatic carbocycles. The zero-order chi connectivity index (χ0) is 10.6. The molecular weight excluding hydrogens is 200 g/mol. The van der Waals surface area contributed by atoms with Crippen molar-refractivity contribution < 1.29 is 5.11 Å². The molecule has 0 saturated heterocycles. The van der Waals surface area contributed by atoms with Crippen LogP contribution in [0.1, 0.15) is 5.56 Å². The van der Waals surface area contributed by atoms with E-state index in [0.717, 1.165) is 12.1 Å². The molecule has 0 fully saturated rings. The van der Waals surface area contributed by atoms with Crippen molar-refractivity contribution in [3.8, 4) is 5.75 Å². The fraction of sp³-hybridized carbons (Fsp3) is 0.400. The van der Waals surface area contributed by atoms with E-state index < -0.39 is 0 Å². The Bertz CT molecular complexity index is 284. The van der Waals surface area contributed by atoms with Gasteiger partial charge in [-0.05, 0) is 19.2 Å².